The fraction of sp³-hybridized carbons (Fsp3) is 0.500. The quantitative estimate of drug-likeness (QED) is 0.608. The summed E-state index contributed by atoms with van der Waals surface area (Å²) < 4.78 is 0. The Morgan fingerprint density at radius 3 is 2.30 bits per heavy atom. The normalized spacial score (nSPS) is 13.6. The zero-order chi connectivity index (χ0) is 7.72. The Bertz CT molecular complexity index is 223. The molecule has 1 atom stereocenters. The summed E-state index contributed by atoms with van der Waals surface area (Å²) in [4.78, 5) is 3.21. The van der Waals surface area contributed by atoms with Gasteiger partial charge in [0.25, 0.3) is 0 Å². The highest BCUT2D eigenvalue weighted by Crippen LogP contribution is 2.15. The minimum Gasteiger partial charge on any atom is -0.362 e. The molecular weight excluding hydrogens is 124 g/mol. The zero-order valence-corrected chi connectivity index (χ0v) is 6.73. The maximum Gasteiger partial charge on any atom is 0.0283 e. The van der Waals surface area contributed by atoms with Crippen LogP contribution < -0.4 is 5.73 Å². The van der Waals surface area contributed by atoms with Gasteiger partial charge < -0.3 is 10.7 Å². The molecule has 0 spiro atoms. The highest BCUT2D eigenvalue weighted by Gasteiger charge is 2.04. The fourth-order valence-corrected chi connectivity index (χ4v) is 1.22. The summed E-state index contributed by atoms with van der Waals surface area (Å²) in [5.74, 6) is 0. The van der Waals surface area contributed by atoms with Crippen molar-refractivity contribution in [2.45, 2.75) is 26.8 Å². The van der Waals surface area contributed by atoms with Gasteiger partial charge >= 0.3 is 0 Å². The van der Waals surface area contributed by atoms with E-state index in [1.165, 1.54) is 17.0 Å². The largest absolute Gasteiger partial charge is 0.362 e. The van der Waals surface area contributed by atoms with Gasteiger partial charge in [-0.05, 0) is 32.4 Å². The number of aromatic nitrogens is 1. The Kier molecular flexibility index (Phi) is 1.81. The van der Waals surface area contributed by atoms with Gasteiger partial charge in [0.2, 0.25) is 0 Å². The molecule has 0 amide bonds. The molecule has 0 saturated carbocycles. The molecule has 0 saturated heterocycles. The van der Waals surface area contributed by atoms with E-state index in [4.69, 9.17) is 5.73 Å². The highest BCUT2D eigenvalue weighted by molar-refractivity contribution is 5.26. The van der Waals surface area contributed by atoms with Gasteiger partial charge in [-0.25, -0.2) is 0 Å². The Morgan fingerprint density at radius 1 is 1.50 bits per heavy atom. The molecule has 2 nitrogen and oxygen atoms in total. The van der Waals surface area contributed by atoms with Crippen LogP contribution in [0.15, 0.2) is 6.07 Å². The van der Waals surface area contributed by atoms with Crippen molar-refractivity contribution in [2.24, 2.45) is 5.73 Å². The van der Waals surface area contributed by atoms with Crippen molar-refractivity contribution in [3.05, 3.63) is 23.0 Å². The average Bonchev–Trinajstić information content (AvgIpc) is 2.10. The van der Waals surface area contributed by atoms with Gasteiger partial charge in [-0.1, -0.05) is 0 Å². The lowest BCUT2D eigenvalue weighted by Crippen LogP contribution is -2.04. The highest BCUT2D eigenvalue weighted by atomic mass is 14.7. The first-order valence-electron chi connectivity index (χ1n) is 3.53. The van der Waals surface area contributed by atoms with E-state index in [2.05, 4.69) is 11.1 Å². The van der Waals surface area contributed by atoms with Crippen LogP contribution in [0, 0.1) is 13.8 Å². The van der Waals surface area contributed by atoms with Crippen molar-refractivity contribution in [1.29, 1.82) is 0 Å². The first-order valence-corrected chi connectivity index (χ1v) is 3.53. The lowest BCUT2D eigenvalue weighted by Gasteiger charge is -2.01. The van der Waals surface area contributed by atoms with Crippen LogP contribution in [0.1, 0.15) is 29.9 Å². The summed E-state index contributed by atoms with van der Waals surface area (Å²) >= 11 is 0. The second kappa shape index (κ2) is 2.46. The molecule has 1 rings (SSSR count). The second-order valence-corrected chi connectivity index (χ2v) is 2.82. The van der Waals surface area contributed by atoms with Crippen molar-refractivity contribution < 1.29 is 0 Å². The topological polar surface area (TPSA) is 41.8 Å². The van der Waals surface area contributed by atoms with Gasteiger partial charge in [0.1, 0.15) is 0 Å². The molecule has 0 aromatic carbocycles. The number of H-pyrrole nitrogens is 1. The van der Waals surface area contributed by atoms with Crippen molar-refractivity contribution in [3.8, 4) is 0 Å². The Labute approximate surface area is 61.4 Å². The molecule has 3 N–H and O–H groups in total. The molecule has 10 heavy (non-hydrogen) atoms. The number of hydrogen-bond acceptors (Lipinski definition) is 1. The minimum atomic E-state index is 0.143. The van der Waals surface area contributed by atoms with Gasteiger partial charge in [0.15, 0.2) is 0 Å². The summed E-state index contributed by atoms with van der Waals surface area (Å²) in [7, 11) is 0. The smallest absolute Gasteiger partial charge is 0.0283 e. The number of nitrogens with one attached hydrogen (secondary N) is 1. The van der Waals surface area contributed by atoms with Crippen LogP contribution in [0.2, 0.25) is 0 Å². The molecular formula is C8H14N2. The molecule has 0 aliphatic carbocycles. The standard InChI is InChI=1S/C8H14N2/c1-5-4-8(6(2)9)7(3)10-5/h4,6,10H,9H2,1-3H3. The van der Waals surface area contributed by atoms with Crippen LogP contribution in [-0.2, 0) is 0 Å². The molecule has 0 radical (unpaired) electrons. The molecule has 1 aromatic rings. The summed E-state index contributed by atoms with van der Waals surface area (Å²) in [6.45, 7) is 6.08. The predicted molar refractivity (Wildman–Crippen MR) is 42.9 cm³/mol. The van der Waals surface area contributed by atoms with Crippen molar-refractivity contribution in [1.82, 2.24) is 4.98 Å². The van der Waals surface area contributed by atoms with Crippen LogP contribution in [0.5, 0.6) is 0 Å². The van der Waals surface area contributed by atoms with Crippen LogP contribution >= 0.6 is 0 Å². The number of aromatic amines is 1. The van der Waals surface area contributed by atoms with E-state index in [1.807, 2.05) is 20.8 Å². The van der Waals surface area contributed by atoms with Crippen molar-refractivity contribution in [3.63, 3.8) is 0 Å². The van der Waals surface area contributed by atoms with E-state index in [0.29, 0.717) is 0 Å². The Balaban J connectivity index is 3.03. The van der Waals surface area contributed by atoms with Crippen LogP contribution in [0.3, 0.4) is 0 Å². The van der Waals surface area contributed by atoms with Crippen molar-refractivity contribution in [2.75, 3.05) is 0 Å². The van der Waals surface area contributed by atoms with E-state index < -0.39 is 0 Å². The summed E-state index contributed by atoms with van der Waals surface area (Å²) in [5.41, 5.74) is 9.30. The lowest BCUT2D eigenvalue weighted by atomic mass is 10.1. The molecule has 56 valence electrons. The Morgan fingerprint density at radius 2 is 2.10 bits per heavy atom. The molecule has 0 bridgehead atoms. The molecule has 1 heterocycles. The van der Waals surface area contributed by atoms with Crippen LogP contribution in [-0.4, -0.2) is 4.98 Å². The molecule has 0 fully saturated rings. The third-order valence-corrected chi connectivity index (χ3v) is 1.68. The number of nitrogens with two attached hydrogens (primary N) is 1. The third kappa shape index (κ3) is 1.21. The van der Waals surface area contributed by atoms with Gasteiger partial charge in [-0.3, -0.25) is 0 Å². The molecule has 0 aliphatic heterocycles. The van der Waals surface area contributed by atoms with Gasteiger partial charge in [0.05, 0.1) is 0 Å². The van der Waals surface area contributed by atoms with E-state index in [-0.39, 0.29) is 6.04 Å². The van der Waals surface area contributed by atoms with Gasteiger partial charge in [0, 0.05) is 17.4 Å². The first-order chi connectivity index (χ1) is 4.61. The maximum absolute atomic E-state index is 5.71. The predicted octanol–water partition coefficient (Wildman–Crippen LogP) is 1.65. The monoisotopic (exact) mass is 138 g/mol. The SMILES string of the molecule is Cc1cc(C(C)N)c(C)[nH]1. The lowest BCUT2D eigenvalue weighted by molar-refractivity contribution is 0.810. The molecule has 0 aliphatic rings. The van der Waals surface area contributed by atoms with E-state index in [1.54, 1.807) is 0 Å². The van der Waals surface area contributed by atoms with Crippen molar-refractivity contribution >= 4 is 0 Å². The van der Waals surface area contributed by atoms with E-state index >= 15 is 0 Å². The van der Waals surface area contributed by atoms with E-state index in [9.17, 15) is 0 Å². The van der Waals surface area contributed by atoms with E-state index in [0.717, 1.165) is 0 Å². The maximum atomic E-state index is 5.71. The van der Waals surface area contributed by atoms with Crippen LogP contribution in [0.4, 0.5) is 0 Å². The minimum absolute atomic E-state index is 0.143. The average molecular weight is 138 g/mol. The number of rotatable bonds is 1. The number of hydrogen-bond donors (Lipinski definition) is 2. The third-order valence-electron chi connectivity index (χ3n) is 1.68. The number of aryl methyl sites for hydroxylation is 2. The second-order valence-electron chi connectivity index (χ2n) is 2.82. The summed E-state index contributed by atoms with van der Waals surface area (Å²) in [6.07, 6.45) is 0. The van der Waals surface area contributed by atoms with Crippen LogP contribution in [0.25, 0.3) is 0 Å². The van der Waals surface area contributed by atoms with Gasteiger partial charge in [-0.2, -0.15) is 0 Å². The molecule has 1 aromatic heterocycles. The van der Waals surface area contributed by atoms with Gasteiger partial charge in [-0.15, -0.1) is 0 Å². The molecule has 2 heteroatoms. The summed E-state index contributed by atoms with van der Waals surface area (Å²) in [5, 5.41) is 0. The first kappa shape index (κ1) is 7.35. The summed E-state index contributed by atoms with van der Waals surface area (Å²) in [6, 6.07) is 2.24. The fourth-order valence-electron chi connectivity index (χ4n) is 1.22. The Hall–Kier alpha value is -0.760. The zero-order valence-electron chi connectivity index (χ0n) is 6.73. The molecule has 1 unspecified atom stereocenters.